The summed E-state index contributed by atoms with van der Waals surface area (Å²) in [5.74, 6) is 0. The van der Waals surface area contributed by atoms with Gasteiger partial charge in [-0.2, -0.15) is 0 Å². The van der Waals surface area contributed by atoms with Gasteiger partial charge in [0.2, 0.25) is 0 Å². The van der Waals surface area contributed by atoms with Crippen LogP contribution in [0.4, 0.5) is 0 Å². The molecule has 2 heteroatoms. The summed E-state index contributed by atoms with van der Waals surface area (Å²) in [4.78, 5) is 0. The van der Waals surface area contributed by atoms with Crippen LogP contribution >= 0.6 is 0 Å². The van der Waals surface area contributed by atoms with Gasteiger partial charge in [-0.15, -0.1) is 0 Å². The molecule has 1 heterocycles. The van der Waals surface area contributed by atoms with Gasteiger partial charge in [0.1, 0.15) is 0 Å². The van der Waals surface area contributed by atoms with Crippen molar-refractivity contribution in [1.29, 1.82) is 0 Å². The monoisotopic (exact) mass is 157 g/mol. The Hall–Kier alpha value is -0.0800. The largest absolute Gasteiger partial charge is 0.377 e. The molecular formula is C9H19NO. The molecule has 0 saturated carbocycles. The summed E-state index contributed by atoms with van der Waals surface area (Å²) in [6, 6.07) is 0.613. The highest BCUT2D eigenvalue weighted by molar-refractivity contribution is 4.83. The third-order valence-electron chi connectivity index (χ3n) is 2.26. The second kappa shape index (κ2) is 4.73. The van der Waals surface area contributed by atoms with Crippen LogP contribution in [0.25, 0.3) is 0 Å². The van der Waals surface area contributed by atoms with E-state index < -0.39 is 0 Å². The summed E-state index contributed by atoms with van der Waals surface area (Å²) >= 11 is 0. The van der Waals surface area contributed by atoms with Crippen LogP contribution in [0, 0.1) is 0 Å². The van der Waals surface area contributed by atoms with E-state index in [-0.39, 0.29) is 0 Å². The molecule has 0 bridgehead atoms. The molecule has 66 valence electrons. The fourth-order valence-corrected chi connectivity index (χ4v) is 1.62. The van der Waals surface area contributed by atoms with Gasteiger partial charge in [0.05, 0.1) is 6.10 Å². The fourth-order valence-electron chi connectivity index (χ4n) is 1.62. The Bertz CT molecular complexity index is 106. The van der Waals surface area contributed by atoms with Gasteiger partial charge in [0.25, 0.3) is 0 Å². The van der Waals surface area contributed by atoms with Crippen molar-refractivity contribution >= 4 is 0 Å². The topological polar surface area (TPSA) is 21.3 Å². The molecule has 0 amide bonds. The van der Waals surface area contributed by atoms with Crippen LogP contribution in [0.2, 0.25) is 0 Å². The maximum atomic E-state index is 5.69. The number of hydrogen-bond donors (Lipinski definition) is 1. The van der Waals surface area contributed by atoms with E-state index in [0.717, 1.165) is 19.6 Å². The van der Waals surface area contributed by atoms with Crippen molar-refractivity contribution in [3.8, 4) is 0 Å². The first kappa shape index (κ1) is 9.01. The minimum atomic E-state index is 0.486. The normalized spacial score (nSPS) is 31.1. The zero-order valence-corrected chi connectivity index (χ0v) is 7.60. The molecule has 0 aromatic heterocycles. The van der Waals surface area contributed by atoms with E-state index >= 15 is 0 Å². The summed E-state index contributed by atoms with van der Waals surface area (Å²) in [6.07, 6.45) is 4.00. The second-order valence-electron chi connectivity index (χ2n) is 3.17. The molecule has 1 aliphatic rings. The number of nitrogens with one attached hydrogen (secondary N) is 1. The average Bonchev–Trinajstić information content (AvgIpc) is 2.47. The average molecular weight is 157 g/mol. The summed E-state index contributed by atoms with van der Waals surface area (Å²) in [7, 11) is 0. The van der Waals surface area contributed by atoms with Gasteiger partial charge in [0, 0.05) is 12.6 Å². The molecule has 2 atom stereocenters. The standard InChI is InChI=1S/C9H19NO/c1-3-7-11-9-5-6-10-8(9)4-2/h8-10H,3-7H2,1-2H3. The molecule has 0 radical (unpaired) electrons. The highest BCUT2D eigenvalue weighted by Crippen LogP contribution is 2.13. The molecule has 2 nitrogen and oxygen atoms in total. The zero-order valence-electron chi connectivity index (χ0n) is 7.60. The minimum absolute atomic E-state index is 0.486. The lowest BCUT2D eigenvalue weighted by Gasteiger charge is -2.17. The van der Waals surface area contributed by atoms with Gasteiger partial charge in [0.15, 0.2) is 0 Å². The first-order chi connectivity index (χ1) is 5.38. The lowest BCUT2D eigenvalue weighted by atomic mass is 10.1. The van der Waals surface area contributed by atoms with Gasteiger partial charge in [-0.3, -0.25) is 0 Å². The van der Waals surface area contributed by atoms with E-state index in [4.69, 9.17) is 4.74 Å². The molecule has 1 saturated heterocycles. The Morgan fingerprint density at radius 3 is 2.91 bits per heavy atom. The lowest BCUT2D eigenvalue weighted by molar-refractivity contribution is 0.0447. The second-order valence-corrected chi connectivity index (χ2v) is 3.17. The lowest BCUT2D eigenvalue weighted by Crippen LogP contribution is -2.31. The SMILES string of the molecule is CCCOC1CCNC1CC. The quantitative estimate of drug-likeness (QED) is 0.668. The van der Waals surface area contributed by atoms with Gasteiger partial charge < -0.3 is 10.1 Å². The first-order valence-electron chi connectivity index (χ1n) is 4.73. The minimum Gasteiger partial charge on any atom is -0.377 e. The smallest absolute Gasteiger partial charge is 0.0739 e. The molecule has 0 aromatic rings. The van der Waals surface area contributed by atoms with Crippen molar-refractivity contribution in [2.24, 2.45) is 0 Å². The molecular weight excluding hydrogens is 138 g/mol. The highest BCUT2D eigenvalue weighted by atomic mass is 16.5. The van der Waals surface area contributed by atoms with Crippen LogP contribution < -0.4 is 5.32 Å². The Morgan fingerprint density at radius 2 is 2.27 bits per heavy atom. The number of hydrogen-bond acceptors (Lipinski definition) is 2. The van der Waals surface area contributed by atoms with E-state index in [2.05, 4.69) is 19.2 Å². The van der Waals surface area contributed by atoms with Crippen molar-refractivity contribution in [3.63, 3.8) is 0 Å². The van der Waals surface area contributed by atoms with Gasteiger partial charge in [-0.25, -0.2) is 0 Å². The van der Waals surface area contributed by atoms with E-state index in [1.54, 1.807) is 0 Å². The predicted octanol–water partition coefficient (Wildman–Crippen LogP) is 1.55. The van der Waals surface area contributed by atoms with Crippen molar-refractivity contribution in [2.75, 3.05) is 13.2 Å². The van der Waals surface area contributed by atoms with Crippen LogP contribution in [-0.4, -0.2) is 25.3 Å². The summed E-state index contributed by atoms with van der Waals surface area (Å²) in [5.41, 5.74) is 0. The van der Waals surface area contributed by atoms with E-state index in [9.17, 15) is 0 Å². The molecule has 1 aliphatic heterocycles. The predicted molar refractivity (Wildman–Crippen MR) is 46.7 cm³/mol. The van der Waals surface area contributed by atoms with Crippen LogP contribution in [0.3, 0.4) is 0 Å². The fraction of sp³-hybridized carbons (Fsp3) is 1.00. The molecule has 1 N–H and O–H groups in total. The molecule has 1 fully saturated rings. The number of ether oxygens (including phenoxy) is 1. The van der Waals surface area contributed by atoms with Crippen molar-refractivity contribution in [1.82, 2.24) is 5.32 Å². The van der Waals surface area contributed by atoms with E-state index in [0.29, 0.717) is 12.1 Å². The number of rotatable bonds is 4. The molecule has 0 aromatic carbocycles. The first-order valence-corrected chi connectivity index (χ1v) is 4.73. The Balaban J connectivity index is 2.20. The Morgan fingerprint density at radius 1 is 1.45 bits per heavy atom. The zero-order chi connectivity index (χ0) is 8.10. The molecule has 2 unspecified atom stereocenters. The Kier molecular flexibility index (Phi) is 3.87. The highest BCUT2D eigenvalue weighted by Gasteiger charge is 2.25. The summed E-state index contributed by atoms with van der Waals surface area (Å²) < 4.78 is 5.69. The molecule has 11 heavy (non-hydrogen) atoms. The molecule has 0 spiro atoms. The maximum Gasteiger partial charge on any atom is 0.0739 e. The Labute approximate surface area is 69.3 Å². The van der Waals surface area contributed by atoms with Gasteiger partial charge in [-0.1, -0.05) is 13.8 Å². The molecule has 0 aliphatic carbocycles. The van der Waals surface area contributed by atoms with Crippen LogP contribution in [0.5, 0.6) is 0 Å². The third kappa shape index (κ3) is 2.46. The van der Waals surface area contributed by atoms with Gasteiger partial charge in [-0.05, 0) is 25.8 Å². The summed E-state index contributed by atoms with van der Waals surface area (Å²) in [6.45, 7) is 6.42. The van der Waals surface area contributed by atoms with Crippen LogP contribution in [0.1, 0.15) is 33.1 Å². The van der Waals surface area contributed by atoms with Crippen molar-refractivity contribution in [3.05, 3.63) is 0 Å². The van der Waals surface area contributed by atoms with E-state index in [1.807, 2.05) is 0 Å². The molecule has 1 rings (SSSR count). The van der Waals surface area contributed by atoms with Crippen molar-refractivity contribution < 1.29 is 4.74 Å². The third-order valence-corrected chi connectivity index (χ3v) is 2.26. The maximum absolute atomic E-state index is 5.69. The van der Waals surface area contributed by atoms with Gasteiger partial charge >= 0.3 is 0 Å². The van der Waals surface area contributed by atoms with Crippen molar-refractivity contribution in [2.45, 2.75) is 45.3 Å². The van der Waals surface area contributed by atoms with E-state index in [1.165, 1.54) is 12.8 Å². The summed E-state index contributed by atoms with van der Waals surface area (Å²) in [5, 5.41) is 3.44. The van der Waals surface area contributed by atoms with Crippen LogP contribution in [0.15, 0.2) is 0 Å². The van der Waals surface area contributed by atoms with Crippen LogP contribution in [-0.2, 0) is 4.74 Å².